The van der Waals surface area contributed by atoms with Crippen molar-refractivity contribution < 1.29 is 0 Å². The molecule has 0 spiro atoms. The Balaban J connectivity index is 2.22. The number of hydrogen-bond donors (Lipinski definition) is 0. The number of rotatable bonds is 1. The number of alkyl halides is 1. The minimum atomic E-state index is 1.05. The Bertz CT molecular complexity index is 67.3. The van der Waals surface area contributed by atoms with Crippen LogP contribution in [0.25, 0.3) is 0 Å². The first-order chi connectivity index (χ1) is 2.43. The van der Waals surface area contributed by atoms with E-state index in [1.165, 1.54) is 4.91 Å². The van der Waals surface area contributed by atoms with Crippen molar-refractivity contribution in [1.29, 1.82) is 0 Å². The minimum Gasteiger partial charge on any atom is -0.100 e. The molecule has 0 amide bonds. The molecule has 0 aromatic heterocycles. The highest BCUT2D eigenvalue weighted by Gasteiger charge is 2.02. The van der Waals surface area contributed by atoms with E-state index in [1.807, 2.05) is 11.8 Å². The lowest BCUT2D eigenvalue weighted by molar-refractivity contribution is 1.85. The third-order valence-electron chi connectivity index (χ3n) is 0.416. The highest BCUT2D eigenvalue weighted by atomic mass is 79.9. The highest BCUT2D eigenvalue weighted by molar-refractivity contribution is 9.09. The first-order valence-electron chi connectivity index (χ1n) is 1.35. The lowest BCUT2D eigenvalue weighted by Gasteiger charge is -1.63. The fourth-order valence-corrected chi connectivity index (χ4v) is 1.11. The quantitative estimate of drug-likeness (QED) is 0.516. The average molecular weight is 151 g/mol. The summed E-state index contributed by atoms with van der Waals surface area (Å²) in [6.07, 6.45) is 0. The standard InChI is InChI=1S/C3H3BrS/c4-1-3-2-5-3/h2H,1H2. The van der Waals surface area contributed by atoms with Gasteiger partial charge in [0.1, 0.15) is 0 Å². The molecule has 0 aliphatic carbocycles. The predicted octanol–water partition coefficient (Wildman–Crippen LogP) is 1.97. The molecule has 5 heavy (non-hydrogen) atoms. The van der Waals surface area contributed by atoms with Crippen molar-refractivity contribution in [2.45, 2.75) is 0 Å². The van der Waals surface area contributed by atoms with Crippen LogP contribution in [0.1, 0.15) is 0 Å². The van der Waals surface area contributed by atoms with Crippen LogP contribution in [0.4, 0.5) is 0 Å². The fraction of sp³-hybridized carbons (Fsp3) is 0.333. The summed E-state index contributed by atoms with van der Waals surface area (Å²) >= 11 is 5.10. The van der Waals surface area contributed by atoms with Crippen molar-refractivity contribution in [3.8, 4) is 0 Å². The van der Waals surface area contributed by atoms with E-state index in [9.17, 15) is 0 Å². The summed E-state index contributed by atoms with van der Waals surface area (Å²) in [5.41, 5.74) is 0. The molecule has 1 rings (SSSR count). The van der Waals surface area contributed by atoms with E-state index in [0.717, 1.165) is 5.33 Å². The molecule has 0 nitrogen and oxygen atoms in total. The largest absolute Gasteiger partial charge is 0.100 e. The molecule has 2 heteroatoms. The zero-order valence-corrected chi connectivity index (χ0v) is 4.97. The van der Waals surface area contributed by atoms with Crippen molar-refractivity contribution >= 4 is 27.7 Å². The summed E-state index contributed by atoms with van der Waals surface area (Å²) in [4.78, 5) is 1.46. The van der Waals surface area contributed by atoms with Crippen molar-refractivity contribution in [2.24, 2.45) is 0 Å². The maximum absolute atomic E-state index is 3.29. The maximum Gasteiger partial charge on any atom is 0.0351 e. The van der Waals surface area contributed by atoms with Crippen LogP contribution in [0.2, 0.25) is 0 Å². The SMILES string of the molecule is BrCC1=CS1. The lowest BCUT2D eigenvalue weighted by atomic mass is 10.8. The number of thioether (sulfide) groups is 1. The van der Waals surface area contributed by atoms with Crippen LogP contribution in [-0.4, -0.2) is 5.33 Å². The van der Waals surface area contributed by atoms with Crippen LogP contribution in [0.3, 0.4) is 0 Å². The van der Waals surface area contributed by atoms with Crippen molar-refractivity contribution in [2.75, 3.05) is 5.33 Å². The van der Waals surface area contributed by atoms with E-state index in [1.54, 1.807) is 0 Å². The summed E-state index contributed by atoms with van der Waals surface area (Å²) in [6.45, 7) is 0. The molecular formula is C3H3BrS. The van der Waals surface area contributed by atoms with Gasteiger partial charge in [0.25, 0.3) is 0 Å². The second-order valence-electron chi connectivity index (χ2n) is 0.836. The predicted molar refractivity (Wildman–Crippen MR) is 29.5 cm³/mol. The molecule has 0 aromatic carbocycles. The lowest BCUT2D eigenvalue weighted by Crippen LogP contribution is -1.50. The third kappa shape index (κ3) is 0.973. The molecule has 1 heterocycles. The van der Waals surface area contributed by atoms with Crippen LogP contribution in [-0.2, 0) is 0 Å². The van der Waals surface area contributed by atoms with E-state index in [4.69, 9.17) is 0 Å². The highest BCUT2D eigenvalue weighted by Crippen LogP contribution is 2.34. The fourth-order valence-electron chi connectivity index (χ4n) is 0.105. The van der Waals surface area contributed by atoms with E-state index in [-0.39, 0.29) is 0 Å². The molecule has 0 N–H and O–H groups in total. The molecule has 0 saturated heterocycles. The normalized spacial score (nSPS) is 18.2. The summed E-state index contributed by atoms with van der Waals surface area (Å²) in [6, 6.07) is 0. The average Bonchev–Trinajstić information content (AvgIpc) is 2.12. The summed E-state index contributed by atoms with van der Waals surface area (Å²) < 4.78 is 0. The van der Waals surface area contributed by atoms with E-state index in [0.29, 0.717) is 0 Å². The molecule has 28 valence electrons. The second-order valence-corrected chi connectivity index (χ2v) is 2.39. The van der Waals surface area contributed by atoms with Crippen LogP contribution < -0.4 is 0 Å². The Morgan fingerprint density at radius 1 is 2.00 bits per heavy atom. The van der Waals surface area contributed by atoms with Gasteiger partial charge in [-0.2, -0.15) is 0 Å². The van der Waals surface area contributed by atoms with Gasteiger partial charge in [0.15, 0.2) is 0 Å². The molecule has 0 aromatic rings. The molecule has 0 saturated carbocycles. The van der Waals surface area contributed by atoms with Crippen LogP contribution in [0.5, 0.6) is 0 Å². The molecule has 0 bridgehead atoms. The Kier molecular flexibility index (Phi) is 1.01. The zero-order valence-electron chi connectivity index (χ0n) is 2.57. The number of allylic oxidation sites excluding steroid dienone is 1. The summed E-state index contributed by atoms with van der Waals surface area (Å²) in [5, 5.41) is 3.19. The summed E-state index contributed by atoms with van der Waals surface area (Å²) in [5.74, 6) is 0. The van der Waals surface area contributed by atoms with Crippen molar-refractivity contribution in [3.63, 3.8) is 0 Å². The minimum absolute atomic E-state index is 1.05. The molecule has 1 aliphatic rings. The zero-order chi connectivity index (χ0) is 3.70. The Morgan fingerprint density at radius 3 is 2.60 bits per heavy atom. The smallest absolute Gasteiger partial charge is 0.0351 e. The van der Waals surface area contributed by atoms with E-state index < -0.39 is 0 Å². The Labute approximate surface area is 43.8 Å². The van der Waals surface area contributed by atoms with Gasteiger partial charge in [0.2, 0.25) is 0 Å². The Hall–Kier alpha value is 0.570. The maximum atomic E-state index is 3.29. The molecule has 0 atom stereocenters. The molecule has 0 radical (unpaired) electrons. The van der Waals surface area contributed by atoms with Gasteiger partial charge in [-0.15, -0.1) is 11.8 Å². The summed E-state index contributed by atoms with van der Waals surface area (Å²) in [7, 11) is 0. The van der Waals surface area contributed by atoms with Gasteiger partial charge in [-0.25, -0.2) is 0 Å². The van der Waals surface area contributed by atoms with Gasteiger partial charge in [0, 0.05) is 10.2 Å². The van der Waals surface area contributed by atoms with Gasteiger partial charge >= 0.3 is 0 Å². The van der Waals surface area contributed by atoms with Crippen molar-refractivity contribution in [3.05, 3.63) is 10.3 Å². The van der Waals surface area contributed by atoms with E-state index in [2.05, 4.69) is 21.3 Å². The monoisotopic (exact) mass is 150 g/mol. The van der Waals surface area contributed by atoms with Crippen LogP contribution in [0, 0.1) is 0 Å². The van der Waals surface area contributed by atoms with Crippen molar-refractivity contribution in [1.82, 2.24) is 0 Å². The van der Waals surface area contributed by atoms with Crippen LogP contribution >= 0.6 is 27.7 Å². The molecule has 0 unspecified atom stereocenters. The number of halogens is 1. The molecule has 1 aliphatic heterocycles. The van der Waals surface area contributed by atoms with Gasteiger partial charge in [0.05, 0.1) is 0 Å². The van der Waals surface area contributed by atoms with Gasteiger partial charge in [-0.1, -0.05) is 15.9 Å². The van der Waals surface area contributed by atoms with Gasteiger partial charge in [-0.05, 0) is 5.41 Å². The third-order valence-corrected chi connectivity index (χ3v) is 2.10. The first kappa shape index (κ1) is 3.75. The Morgan fingerprint density at radius 2 is 2.60 bits per heavy atom. The van der Waals surface area contributed by atoms with Crippen LogP contribution in [0.15, 0.2) is 10.3 Å². The van der Waals surface area contributed by atoms with Gasteiger partial charge in [-0.3, -0.25) is 0 Å². The topological polar surface area (TPSA) is 0 Å². The number of hydrogen-bond acceptors (Lipinski definition) is 1. The molecular weight excluding hydrogens is 148 g/mol. The first-order valence-corrected chi connectivity index (χ1v) is 3.35. The van der Waals surface area contributed by atoms with E-state index >= 15 is 0 Å². The second kappa shape index (κ2) is 1.35. The molecule has 0 fully saturated rings. The van der Waals surface area contributed by atoms with Gasteiger partial charge < -0.3 is 0 Å².